The number of thioether (sulfide) groups is 1. The van der Waals surface area contributed by atoms with Crippen molar-refractivity contribution in [1.82, 2.24) is 9.38 Å². The summed E-state index contributed by atoms with van der Waals surface area (Å²) in [6.45, 7) is 0. The minimum absolute atomic E-state index is 0.634. The van der Waals surface area contributed by atoms with Crippen molar-refractivity contribution in [2.75, 3.05) is 0 Å². The van der Waals surface area contributed by atoms with Crippen LogP contribution in [0.25, 0.3) is 5.65 Å². The Labute approximate surface area is 110 Å². The summed E-state index contributed by atoms with van der Waals surface area (Å²) in [5.74, 6) is 0. The Bertz CT molecular complexity index is 582. The SMILES string of the molecule is OC1(c2ccn3ccnc3c2)CC2CCC(C1)S2. The van der Waals surface area contributed by atoms with E-state index in [4.69, 9.17) is 0 Å². The van der Waals surface area contributed by atoms with Gasteiger partial charge in [-0.3, -0.25) is 0 Å². The van der Waals surface area contributed by atoms with Gasteiger partial charge in [-0.25, -0.2) is 4.98 Å². The lowest BCUT2D eigenvalue weighted by Crippen LogP contribution is -2.34. The maximum atomic E-state index is 11.0. The van der Waals surface area contributed by atoms with Gasteiger partial charge in [0.15, 0.2) is 0 Å². The Morgan fingerprint density at radius 3 is 2.83 bits per heavy atom. The van der Waals surface area contributed by atoms with Gasteiger partial charge in [-0.05, 0) is 43.4 Å². The highest BCUT2D eigenvalue weighted by Crippen LogP contribution is 2.51. The molecule has 1 N–H and O–H groups in total. The number of pyridine rings is 1. The topological polar surface area (TPSA) is 37.5 Å². The maximum Gasteiger partial charge on any atom is 0.137 e. The molecule has 2 atom stereocenters. The zero-order chi connectivity index (χ0) is 12.2. The highest BCUT2D eigenvalue weighted by molar-refractivity contribution is 8.00. The molecule has 4 rings (SSSR count). The molecule has 94 valence electrons. The molecule has 0 radical (unpaired) electrons. The van der Waals surface area contributed by atoms with Crippen molar-refractivity contribution >= 4 is 17.4 Å². The molecule has 4 heterocycles. The molecule has 4 heteroatoms. The molecule has 2 aliphatic heterocycles. The lowest BCUT2D eigenvalue weighted by Gasteiger charge is -2.36. The first-order valence-corrected chi connectivity index (χ1v) is 7.48. The average Bonchev–Trinajstić information content (AvgIpc) is 2.95. The molecule has 0 spiro atoms. The fourth-order valence-corrected chi connectivity index (χ4v) is 5.18. The predicted octanol–water partition coefficient (Wildman–Crippen LogP) is 2.58. The summed E-state index contributed by atoms with van der Waals surface area (Å²) in [6.07, 6.45) is 10.1. The Morgan fingerprint density at radius 2 is 2.06 bits per heavy atom. The molecule has 0 aliphatic carbocycles. The molecule has 18 heavy (non-hydrogen) atoms. The van der Waals surface area contributed by atoms with E-state index in [1.54, 1.807) is 6.20 Å². The Kier molecular flexibility index (Phi) is 2.26. The van der Waals surface area contributed by atoms with Gasteiger partial charge in [0, 0.05) is 29.1 Å². The van der Waals surface area contributed by atoms with E-state index in [0.29, 0.717) is 10.5 Å². The van der Waals surface area contributed by atoms with Gasteiger partial charge in [0.25, 0.3) is 0 Å². The third-order valence-corrected chi connectivity index (χ3v) is 5.84. The van der Waals surface area contributed by atoms with E-state index in [9.17, 15) is 5.11 Å². The van der Waals surface area contributed by atoms with Crippen molar-refractivity contribution in [3.05, 3.63) is 36.3 Å². The van der Waals surface area contributed by atoms with E-state index in [0.717, 1.165) is 24.1 Å². The largest absolute Gasteiger partial charge is 0.385 e. The minimum Gasteiger partial charge on any atom is -0.385 e. The number of nitrogens with zero attached hydrogens (tertiary/aromatic N) is 2. The molecular formula is C14H16N2OS. The monoisotopic (exact) mass is 260 g/mol. The highest BCUT2D eigenvalue weighted by Gasteiger charge is 2.44. The summed E-state index contributed by atoms with van der Waals surface area (Å²) in [5, 5.41) is 12.3. The summed E-state index contributed by atoms with van der Waals surface area (Å²) < 4.78 is 1.99. The summed E-state index contributed by atoms with van der Waals surface area (Å²) in [4.78, 5) is 4.31. The normalized spacial score (nSPS) is 35.2. The van der Waals surface area contributed by atoms with E-state index in [1.165, 1.54) is 12.8 Å². The Morgan fingerprint density at radius 1 is 1.28 bits per heavy atom. The second-order valence-corrected chi connectivity index (χ2v) is 7.11. The number of aromatic nitrogens is 2. The minimum atomic E-state index is -0.634. The van der Waals surface area contributed by atoms with E-state index in [2.05, 4.69) is 16.7 Å². The maximum absolute atomic E-state index is 11.0. The van der Waals surface area contributed by atoms with Gasteiger partial charge in [-0.2, -0.15) is 11.8 Å². The molecule has 3 nitrogen and oxygen atoms in total. The molecule has 2 aromatic rings. The quantitative estimate of drug-likeness (QED) is 0.856. The van der Waals surface area contributed by atoms with Crippen molar-refractivity contribution in [1.29, 1.82) is 0 Å². The summed E-state index contributed by atoms with van der Waals surface area (Å²) in [7, 11) is 0. The van der Waals surface area contributed by atoms with E-state index in [-0.39, 0.29) is 0 Å². The lowest BCUT2D eigenvalue weighted by atomic mass is 9.86. The molecule has 2 bridgehead atoms. The van der Waals surface area contributed by atoms with Crippen LogP contribution in [0.3, 0.4) is 0 Å². The van der Waals surface area contributed by atoms with Gasteiger partial charge in [-0.15, -0.1) is 0 Å². The van der Waals surface area contributed by atoms with E-state index < -0.39 is 5.60 Å². The predicted molar refractivity (Wildman–Crippen MR) is 72.7 cm³/mol. The zero-order valence-electron chi connectivity index (χ0n) is 10.1. The van der Waals surface area contributed by atoms with Gasteiger partial charge < -0.3 is 9.51 Å². The summed E-state index contributed by atoms with van der Waals surface area (Å²) >= 11 is 2.07. The number of imidazole rings is 1. The second kappa shape index (κ2) is 3.75. The number of aliphatic hydroxyl groups is 1. The molecule has 2 aromatic heterocycles. The van der Waals surface area contributed by atoms with E-state index in [1.807, 2.05) is 28.9 Å². The average molecular weight is 260 g/mol. The fraction of sp³-hybridized carbons (Fsp3) is 0.500. The van der Waals surface area contributed by atoms with Gasteiger partial charge in [-0.1, -0.05) is 0 Å². The van der Waals surface area contributed by atoms with Crippen LogP contribution in [0, 0.1) is 0 Å². The number of hydrogen-bond acceptors (Lipinski definition) is 3. The van der Waals surface area contributed by atoms with Crippen molar-refractivity contribution < 1.29 is 5.11 Å². The number of hydrogen-bond donors (Lipinski definition) is 1. The lowest BCUT2D eigenvalue weighted by molar-refractivity contribution is 0.0196. The Hall–Kier alpha value is -1.00. The molecular weight excluding hydrogens is 244 g/mol. The first-order valence-electron chi connectivity index (χ1n) is 6.54. The number of rotatable bonds is 1. The van der Waals surface area contributed by atoms with Crippen molar-refractivity contribution in [3.63, 3.8) is 0 Å². The molecule has 0 aromatic carbocycles. The zero-order valence-corrected chi connectivity index (χ0v) is 10.9. The van der Waals surface area contributed by atoms with Crippen LogP contribution in [0.5, 0.6) is 0 Å². The summed E-state index contributed by atoms with van der Waals surface area (Å²) in [6, 6.07) is 4.08. The van der Waals surface area contributed by atoms with Crippen LogP contribution in [0.2, 0.25) is 0 Å². The first-order chi connectivity index (χ1) is 8.73. The van der Waals surface area contributed by atoms with Crippen molar-refractivity contribution in [3.8, 4) is 0 Å². The summed E-state index contributed by atoms with van der Waals surface area (Å²) in [5.41, 5.74) is 1.33. The Balaban J connectivity index is 1.76. The molecule has 0 saturated carbocycles. The first kappa shape index (κ1) is 10.9. The highest BCUT2D eigenvalue weighted by atomic mass is 32.2. The molecule has 0 amide bonds. The van der Waals surface area contributed by atoms with Crippen LogP contribution in [0.1, 0.15) is 31.2 Å². The van der Waals surface area contributed by atoms with Gasteiger partial charge in [0.2, 0.25) is 0 Å². The van der Waals surface area contributed by atoms with Crippen LogP contribution < -0.4 is 0 Å². The van der Waals surface area contributed by atoms with Crippen LogP contribution in [-0.4, -0.2) is 25.0 Å². The molecule has 2 saturated heterocycles. The van der Waals surface area contributed by atoms with Crippen LogP contribution in [0.4, 0.5) is 0 Å². The molecule has 2 fully saturated rings. The van der Waals surface area contributed by atoms with Crippen molar-refractivity contribution in [2.24, 2.45) is 0 Å². The smallest absolute Gasteiger partial charge is 0.137 e. The molecule has 2 aliphatic rings. The third-order valence-electron chi connectivity index (χ3n) is 4.26. The van der Waals surface area contributed by atoms with Crippen LogP contribution in [-0.2, 0) is 5.60 Å². The van der Waals surface area contributed by atoms with Gasteiger partial charge in [0.05, 0.1) is 5.60 Å². The van der Waals surface area contributed by atoms with Crippen LogP contribution in [0.15, 0.2) is 30.7 Å². The molecule has 2 unspecified atom stereocenters. The van der Waals surface area contributed by atoms with Gasteiger partial charge in [0.1, 0.15) is 5.65 Å². The third kappa shape index (κ3) is 1.59. The van der Waals surface area contributed by atoms with Crippen molar-refractivity contribution in [2.45, 2.75) is 41.8 Å². The van der Waals surface area contributed by atoms with Crippen LogP contribution >= 0.6 is 11.8 Å². The number of fused-ring (bicyclic) bond motifs is 3. The standard InChI is InChI=1S/C14H16N2OS/c17-14(8-11-1-2-12(9-14)18-11)10-3-5-16-6-4-15-13(16)7-10/h3-7,11-12,17H,1-2,8-9H2. The van der Waals surface area contributed by atoms with Gasteiger partial charge >= 0.3 is 0 Å². The fourth-order valence-electron chi connectivity index (χ4n) is 3.35. The second-order valence-electron chi connectivity index (χ2n) is 5.51. The van der Waals surface area contributed by atoms with E-state index >= 15 is 0 Å².